The van der Waals surface area contributed by atoms with E-state index >= 15 is 0 Å². The second-order valence-corrected chi connectivity index (χ2v) is 32.5. The number of para-hydroxylation sites is 7. The van der Waals surface area contributed by atoms with E-state index in [-0.39, 0.29) is 0 Å². The summed E-state index contributed by atoms with van der Waals surface area (Å²) in [5.41, 5.74) is 42.1. The Morgan fingerprint density at radius 1 is 0.167 bits per heavy atom. The molecule has 2 spiro atoms. The number of nitrogens with zero attached hydrogens (tertiary/aromatic N) is 4. The van der Waals surface area contributed by atoms with Crippen LogP contribution in [0.4, 0.5) is 34.1 Å². The topological polar surface area (TPSA) is 16.3 Å². The van der Waals surface area contributed by atoms with Crippen molar-refractivity contribution in [1.82, 2.24) is 9.13 Å². The first kappa shape index (κ1) is 67.7. The summed E-state index contributed by atoms with van der Waals surface area (Å²) >= 11 is 0. The van der Waals surface area contributed by atoms with Crippen LogP contribution in [0, 0.1) is 0 Å². The van der Waals surface area contributed by atoms with Crippen molar-refractivity contribution in [1.29, 1.82) is 0 Å². The van der Waals surface area contributed by atoms with Gasteiger partial charge in [0.2, 0.25) is 0 Å². The second-order valence-electron chi connectivity index (χ2n) is 32.5. The first-order valence-corrected chi connectivity index (χ1v) is 41.7. The van der Waals surface area contributed by atoms with Crippen molar-refractivity contribution in [3.63, 3.8) is 0 Å². The van der Waals surface area contributed by atoms with Gasteiger partial charge in [-0.1, -0.05) is 334 Å². The molecule has 4 nitrogen and oxygen atoms in total. The van der Waals surface area contributed by atoms with Crippen molar-refractivity contribution in [2.45, 2.75) is 10.8 Å². The summed E-state index contributed by atoms with van der Waals surface area (Å²) in [6.07, 6.45) is 0. The van der Waals surface area contributed by atoms with Gasteiger partial charge in [-0.05, 0) is 238 Å². The Morgan fingerprint density at radius 3 is 1.07 bits per heavy atom. The van der Waals surface area contributed by atoms with Gasteiger partial charge >= 0.3 is 0 Å². The van der Waals surface area contributed by atoms with Gasteiger partial charge in [-0.2, -0.15) is 0 Å². The average Bonchev–Trinajstić information content (AvgIpc) is 1.50. The molecule has 0 fully saturated rings. The minimum Gasteiger partial charge on any atom is -0.311 e. The Bertz CT molecular complexity index is 7700. The lowest BCUT2D eigenvalue weighted by molar-refractivity contribution is 0.748. The van der Waals surface area contributed by atoms with Crippen LogP contribution in [0.25, 0.3) is 144 Å². The number of fused-ring (bicyclic) bond motifs is 24. The highest BCUT2D eigenvalue weighted by molar-refractivity contribution is 6.17. The van der Waals surface area contributed by atoms with Gasteiger partial charge in [-0.25, -0.2) is 0 Å². The smallest absolute Gasteiger partial charge is 0.0754 e. The van der Waals surface area contributed by atoms with Gasteiger partial charge in [-0.3, -0.25) is 0 Å². The zero-order valence-electron chi connectivity index (χ0n) is 65.5. The van der Waals surface area contributed by atoms with Crippen LogP contribution in [0.5, 0.6) is 0 Å². The Morgan fingerprint density at radius 2 is 0.508 bits per heavy atom. The molecule has 0 saturated heterocycles. The third-order valence-corrected chi connectivity index (χ3v) is 26.5. The maximum Gasteiger partial charge on any atom is 0.0754 e. The van der Waals surface area contributed by atoms with E-state index in [0.29, 0.717) is 0 Å². The van der Waals surface area contributed by atoms with Gasteiger partial charge in [0.25, 0.3) is 0 Å². The van der Waals surface area contributed by atoms with Gasteiger partial charge in [0, 0.05) is 55.4 Å². The highest BCUT2D eigenvalue weighted by Gasteiger charge is 2.53. The third-order valence-electron chi connectivity index (χ3n) is 26.5. The maximum absolute atomic E-state index is 2.60. The molecule has 1 atom stereocenters. The van der Waals surface area contributed by atoms with Gasteiger partial charge in [0.15, 0.2) is 0 Å². The fraction of sp³-hybridized carbons (Fsp3) is 0.0172. The largest absolute Gasteiger partial charge is 0.311 e. The van der Waals surface area contributed by atoms with E-state index in [1.165, 1.54) is 172 Å². The van der Waals surface area contributed by atoms with E-state index in [1.807, 2.05) is 0 Å². The SMILES string of the molecule is c1ccc(-c2ccc(-c3ccc(N(c4ccccc4)c4ccc(-c5cc6c7c(c5)c5cc(-c8ccc9c(c8)-c8ccccc8C98c9ccccc9-n9c%10ccc(-c%11ccccc%11N(c%11ccccc%11)c%11ccccc%11-c%11ccccc%11)cc%10c%10cccc8c%109)ccc5n7-c5ccccc5C65c6ccccc6-c6ccccc65)cc4)cc3)cc2)cc1. The van der Waals surface area contributed by atoms with Crippen molar-refractivity contribution in [2.24, 2.45) is 0 Å². The lowest BCUT2D eigenvalue weighted by Crippen LogP contribution is -2.33. The fourth-order valence-corrected chi connectivity index (χ4v) is 21.5. The summed E-state index contributed by atoms with van der Waals surface area (Å²) in [5, 5.41) is 4.89. The molecule has 19 aromatic carbocycles. The van der Waals surface area contributed by atoms with Crippen LogP contribution in [0.2, 0.25) is 0 Å². The van der Waals surface area contributed by atoms with Crippen molar-refractivity contribution in [3.05, 3.63) is 493 Å². The molecule has 1 unspecified atom stereocenters. The molecule has 120 heavy (non-hydrogen) atoms. The number of anilines is 6. The molecular weight excluding hydrogens is 1450 g/mol. The molecule has 558 valence electrons. The highest BCUT2D eigenvalue weighted by Crippen LogP contribution is 2.65. The van der Waals surface area contributed by atoms with Crippen molar-refractivity contribution < 1.29 is 0 Å². The molecule has 4 heterocycles. The molecule has 0 N–H and O–H groups in total. The normalized spacial score (nSPS) is 13.9. The molecule has 0 saturated carbocycles. The number of hydrogen-bond donors (Lipinski definition) is 0. The Labute approximate surface area is 696 Å². The first-order valence-electron chi connectivity index (χ1n) is 41.7. The molecule has 2 aliphatic heterocycles. The van der Waals surface area contributed by atoms with Crippen molar-refractivity contribution >= 4 is 77.7 Å². The predicted octanol–water partition coefficient (Wildman–Crippen LogP) is 30.2. The molecule has 4 heteroatoms. The zero-order chi connectivity index (χ0) is 78.7. The van der Waals surface area contributed by atoms with Gasteiger partial charge in [0.05, 0.1) is 55.6 Å². The minimum atomic E-state index is -0.635. The van der Waals surface area contributed by atoms with E-state index in [0.717, 1.165) is 50.8 Å². The van der Waals surface area contributed by atoms with Gasteiger partial charge in [0.1, 0.15) is 0 Å². The monoisotopic (exact) mass is 1520 g/mol. The first-order chi connectivity index (χ1) is 59.5. The molecule has 0 radical (unpaired) electrons. The maximum atomic E-state index is 2.60. The van der Waals surface area contributed by atoms with Crippen LogP contribution >= 0.6 is 0 Å². The summed E-state index contributed by atoms with van der Waals surface area (Å²) in [5.74, 6) is 0. The zero-order valence-corrected chi connectivity index (χ0v) is 65.5. The standard InChI is InChI=1S/C116H74N4/c1-5-28-75(29-6-1)76-52-54-77(55-53-76)78-56-63-87(64-57-78)117(85-32-9-3-10-33-85)88-65-58-79(59-66-88)84-73-98-97-71-82(61-68-110(97)120-112-51-26-22-46-104(112)116(106(74-84)114(98)120)99-42-18-13-38-91(99)92-39-14-19-43-100(92)116)81-60-67-102-95(70-81)93-40-15-20-44-101(93)115(102)103-45-21-25-50-111(103)119-109-69-62-83(72-96(109)94-41-27-47-105(115)113(94)119)90-37-17-24-49-108(90)118(86-34-11-4-12-35-86)107-48-23-16-36-89(107)80-30-7-2-8-31-80/h1-74H. The van der Waals surface area contributed by atoms with E-state index in [2.05, 4.69) is 468 Å². The van der Waals surface area contributed by atoms with E-state index < -0.39 is 10.8 Å². The van der Waals surface area contributed by atoms with E-state index in [1.54, 1.807) is 0 Å². The molecule has 2 aliphatic carbocycles. The van der Waals surface area contributed by atoms with Crippen LogP contribution in [0.3, 0.4) is 0 Å². The second kappa shape index (κ2) is 26.5. The molecular formula is C116H74N4. The molecule has 0 bridgehead atoms. The van der Waals surface area contributed by atoms with Gasteiger partial charge < -0.3 is 18.9 Å². The summed E-state index contributed by atoms with van der Waals surface area (Å²) in [4.78, 5) is 4.82. The Hall–Kier alpha value is -15.6. The lowest BCUT2D eigenvalue weighted by Gasteiger charge is -2.39. The van der Waals surface area contributed by atoms with E-state index in [9.17, 15) is 0 Å². The number of aromatic nitrogens is 2. The molecule has 0 amide bonds. The van der Waals surface area contributed by atoms with Crippen molar-refractivity contribution in [2.75, 3.05) is 9.80 Å². The minimum absolute atomic E-state index is 0.623. The van der Waals surface area contributed by atoms with Crippen LogP contribution < -0.4 is 9.80 Å². The molecule has 21 aromatic rings. The summed E-state index contributed by atoms with van der Waals surface area (Å²) in [7, 11) is 0. The van der Waals surface area contributed by atoms with Crippen LogP contribution in [0.15, 0.2) is 449 Å². The van der Waals surface area contributed by atoms with Crippen molar-refractivity contribution in [3.8, 4) is 100 Å². The summed E-state index contributed by atoms with van der Waals surface area (Å²) in [6.45, 7) is 0. The predicted molar refractivity (Wildman–Crippen MR) is 499 cm³/mol. The highest BCUT2D eigenvalue weighted by atomic mass is 15.2. The molecule has 4 aliphatic rings. The lowest BCUT2D eigenvalue weighted by atomic mass is 9.65. The van der Waals surface area contributed by atoms with E-state index in [4.69, 9.17) is 0 Å². The molecule has 25 rings (SSSR count). The van der Waals surface area contributed by atoms with Gasteiger partial charge in [-0.15, -0.1) is 0 Å². The van der Waals surface area contributed by atoms with Crippen LogP contribution in [-0.4, -0.2) is 9.13 Å². The number of hydrogen-bond acceptors (Lipinski definition) is 2. The third kappa shape index (κ3) is 9.76. The number of benzene rings is 19. The fourth-order valence-electron chi connectivity index (χ4n) is 21.5. The average molecular weight is 1520 g/mol. The molecule has 2 aromatic heterocycles. The quantitative estimate of drug-likeness (QED) is 0.121. The van der Waals surface area contributed by atoms with Crippen LogP contribution in [-0.2, 0) is 10.8 Å². The Kier molecular flexibility index (Phi) is 14.9. The Balaban J connectivity index is 0.638. The summed E-state index contributed by atoms with van der Waals surface area (Å²) < 4.78 is 5.17. The summed E-state index contributed by atoms with van der Waals surface area (Å²) in [6, 6.07) is 168. The number of rotatable bonds is 12. The van der Waals surface area contributed by atoms with Crippen LogP contribution in [0.1, 0.15) is 44.5 Å².